The summed E-state index contributed by atoms with van der Waals surface area (Å²) in [5.74, 6) is 0. The molecular formula is C8H10. The molecule has 0 fully saturated rings. The monoisotopic (exact) mass is 108 g/mol. The molecule has 0 radical (unpaired) electrons. The van der Waals surface area contributed by atoms with Crippen LogP contribution in [0, 0.1) is 13.8 Å². The van der Waals surface area contributed by atoms with Crippen LogP contribution >= 0.6 is 0 Å². The maximum Gasteiger partial charge on any atom is 0.0623 e. The number of hydrogen-bond donors (Lipinski definition) is 0. The molecule has 0 N–H and O–H groups in total. The molecular weight excluding hydrogens is 96.1 g/mol. The van der Waals surface area contributed by atoms with Crippen LogP contribution in [0.1, 0.15) is 12.5 Å². The molecule has 0 aliphatic carbocycles. The molecule has 1 aromatic carbocycles. The molecule has 8 heavy (non-hydrogen) atoms. The zero-order valence-electron chi connectivity index (χ0n) is 6.23. The number of benzene rings is 1. The van der Waals surface area contributed by atoms with E-state index in [1.807, 2.05) is 25.1 Å². The van der Waals surface area contributed by atoms with Crippen LogP contribution in [0.4, 0.5) is 0 Å². The number of hydrogen-bond acceptors (Lipinski definition) is 0. The van der Waals surface area contributed by atoms with Crippen molar-refractivity contribution in [3.05, 3.63) is 35.4 Å². The summed E-state index contributed by atoms with van der Waals surface area (Å²) in [6.45, 7) is 4.07. The summed E-state index contributed by atoms with van der Waals surface area (Å²) in [7, 11) is 0. The first kappa shape index (κ1) is 4.13. The van der Waals surface area contributed by atoms with E-state index < -0.39 is 0 Å². The van der Waals surface area contributed by atoms with E-state index >= 15 is 0 Å². The van der Waals surface area contributed by atoms with E-state index in [9.17, 15) is 0 Å². The molecule has 0 unspecified atom stereocenters. The molecule has 0 saturated carbocycles. The Morgan fingerprint density at radius 1 is 1.25 bits per heavy atom. The Balaban J connectivity index is 3.17. The number of aryl methyl sites for hydroxylation is 2. The zero-order chi connectivity index (χ0) is 6.85. The molecule has 0 heterocycles. The van der Waals surface area contributed by atoms with Crippen LogP contribution in [0.3, 0.4) is 0 Å². The molecule has 0 atom stereocenters. The molecule has 1 rings (SSSR count). The van der Waals surface area contributed by atoms with Gasteiger partial charge < -0.3 is 0 Å². The average Bonchev–Trinajstić information content (AvgIpc) is 1.80. The fourth-order valence-corrected chi connectivity index (χ4v) is 0.592. The molecule has 0 heteroatoms. The van der Waals surface area contributed by atoms with Crippen molar-refractivity contribution in [3.63, 3.8) is 0 Å². The highest BCUT2D eigenvalue weighted by Crippen LogP contribution is 2.02. The summed E-state index contributed by atoms with van der Waals surface area (Å²) in [4.78, 5) is 0. The zero-order valence-corrected chi connectivity index (χ0v) is 5.23. The molecule has 0 amide bonds. The predicted molar refractivity (Wildman–Crippen MR) is 35.9 cm³/mol. The van der Waals surface area contributed by atoms with Gasteiger partial charge in [0.1, 0.15) is 0 Å². The maximum atomic E-state index is 7.23. The van der Waals surface area contributed by atoms with Crippen molar-refractivity contribution in [1.29, 1.82) is 0 Å². The lowest BCUT2D eigenvalue weighted by molar-refractivity contribution is 1.34. The third kappa shape index (κ3) is 0.890. The third-order valence-corrected chi connectivity index (χ3v) is 1.35. The first-order valence-electron chi connectivity index (χ1n) is 3.24. The lowest BCUT2D eigenvalue weighted by Gasteiger charge is -1.93. The van der Waals surface area contributed by atoms with Gasteiger partial charge in [-0.05, 0) is 25.0 Å². The van der Waals surface area contributed by atoms with E-state index in [-0.39, 0.29) is 0 Å². The Morgan fingerprint density at radius 3 is 2.38 bits per heavy atom. The van der Waals surface area contributed by atoms with E-state index in [1.165, 1.54) is 11.1 Å². The van der Waals surface area contributed by atoms with Crippen molar-refractivity contribution in [3.8, 4) is 0 Å². The van der Waals surface area contributed by atoms with E-state index in [0.717, 1.165) is 0 Å². The van der Waals surface area contributed by atoms with Crippen molar-refractivity contribution >= 4 is 0 Å². The summed E-state index contributed by atoms with van der Waals surface area (Å²) in [5.41, 5.74) is 2.45. The summed E-state index contributed by atoms with van der Waals surface area (Å²) >= 11 is 0. The molecule has 0 aromatic heterocycles. The smallest absolute Gasteiger partial charge is 0.0620 e. The summed E-state index contributed by atoms with van der Waals surface area (Å²) in [6, 6.07) is 6.24. The van der Waals surface area contributed by atoms with Crippen molar-refractivity contribution in [1.82, 2.24) is 0 Å². The van der Waals surface area contributed by atoms with Crippen LogP contribution in [0.5, 0.6) is 0 Å². The van der Waals surface area contributed by atoms with Gasteiger partial charge in [-0.2, -0.15) is 0 Å². The molecule has 0 aliphatic rings. The van der Waals surface area contributed by atoms with Crippen molar-refractivity contribution < 1.29 is 1.37 Å². The first-order valence-corrected chi connectivity index (χ1v) is 2.74. The van der Waals surface area contributed by atoms with Gasteiger partial charge in [0.2, 0.25) is 0 Å². The molecule has 1 aromatic rings. The quantitative estimate of drug-likeness (QED) is 0.478. The molecule has 0 bridgehead atoms. The summed E-state index contributed by atoms with van der Waals surface area (Å²) in [5, 5.41) is 0. The van der Waals surface area contributed by atoms with Gasteiger partial charge in [0, 0.05) is 0 Å². The third-order valence-electron chi connectivity index (χ3n) is 1.35. The average molecular weight is 108 g/mol. The second kappa shape index (κ2) is 1.99. The lowest BCUT2D eigenvalue weighted by Crippen LogP contribution is -1.74. The van der Waals surface area contributed by atoms with Gasteiger partial charge in [0.25, 0.3) is 0 Å². The van der Waals surface area contributed by atoms with E-state index in [1.54, 1.807) is 0 Å². The van der Waals surface area contributed by atoms with Crippen LogP contribution in [0.2, 0.25) is 0 Å². The van der Waals surface area contributed by atoms with E-state index in [4.69, 9.17) is 1.37 Å². The first-order chi connectivity index (χ1) is 4.20. The van der Waals surface area contributed by atoms with Crippen molar-refractivity contribution in [2.75, 3.05) is 0 Å². The lowest BCUT2D eigenvalue weighted by atomic mass is 10.1. The Hall–Kier alpha value is -0.780. The van der Waals surface area contributed by atoms with Gasteiger partial charge in [0.15, 0.2) is 0 Å². The Labute approximate surface area is 51.6 Å². The van der Waals surface area contributed by atoms with Crippen LogP contribution in [-0.2, 0) is 0 Å². The minimum atomic E-state index is 0.595. The van der Waals surface area contributed by atoms with Crippen LogP contribution in [0.15, 0.2) is 24.2 Å². The van der Waals surface area contributed by atoms with Gasteiger partial charge in [0.05, 0.1) is 1.37 Å². The highest BCUT2D eigenvalue weighted by molar-refractivity contribution is 5.23. The molecule has 0 saturated heterocycles. The fraction of sp³-hybridized carbons (Fsp3) is 0.250. The fourth-order valence-electron chi connectivity index (χ4n) is 0.592. The van der Waals surface area contributed by atoms with Gasteiger partial charge >= 0.3 is 0 Å². The maximum absolute atomic E-state index is 7.23. The van der Waals surface area contributed by atoms with E-state index in [2.05, 4.69) is 6.92 Å². The topological polar surface area (TPSA) is 0 Å². The van der Waals surface area contributed by atoms with Crippen LogP contribution in [-0.4, -0.2) is 0 Å². The van der Waals surface area contributed by atoms with Crippen molar-refractivity contribution in [2.45, 2.75) is 13.8 Å². The SMILES string of the molecule is [3H]c1ccc(C)c(C)c1. The molecule has 42 valence electrons. The largest absolute Gasteiger partial charge is 0.0623 e. The summed E-state index contributed by atoms with van der Waals surface area (Å²) in [6.07, 6.45) is 0. The molecule has 0 nitrogen and oxygen atoms in total. The predicted octanol–water partition coefficient (Wildman–Crippen LogP) is 2.30. The van der Waals surface area contributed by atoms with Gasteiger partial charge in [-0.15, -0.1) is 0 Å². The summed E-state index contributed by atoms with van der Waals surface area (Å²) < 4.78 is 7.23. The Kier molecular flexibility index (Phi) is 1.03. The minimum absolute atomic E-state index is 0.595. The Bertz CT molecular complexity index is 216. The van der Waals surface area contributed by atoms with Gasteiger partial charge in [-0.25, -0.2) is 0 Å². The highest BCUT2D eigenvalue weighted by atomic mass is 13.9. The standard InChI is InChI=1S/C8H10/c1-7-5-3-4-6-8(7)2/h3-6H,1-2H3/i3T. The normalized spacial score (nSPS) is 11.0. The number of rotatable bonds is 0. The van der Waals surface area contributed by atoms with Crippen LogP contribution < -0.4 is 0 Å². The Morgan fingerprint density at radius 2 is 1.88 bits per heavy atom. The minimum Gasteiger partial charge on any atom is -0.0620 e. The van der Waals surface area contributed by atoms with Crippen LogP contribution in [0.25, 0.3) is 0 Å². The van der Waals surface area contributed by atoms with Gasteiger partial charge in [-0.1, -0.05) is 24.2 Å². The second-order valence-corrected chi connectivity index (χ2v) is 2.01. The van der Waals surface area contributed by atoms with Gasteiger partial charge in [-0.3, -0.25) is 0 Å². The second-order valence-electron chi connectivity index (χ2n) is 2.01. The van der Waals surface area contributed by atoms with Crippen molar-refractivity contribution in [2.24, 2.45) is 0 Å². The highest BCUT2D eigenvalue weighted by Gasteiger charge is 1.83. The molecule has 0 aliphatic heterocycles. The van der Waals surface area contributed by atoms with E-state index in [0.29, 0.717) is 6.04 Å². The molecule has 0 spiro atoms.